The molecule has 1 aliphatic rings. The molecule has 7 nitrogen and oxygen atoms in total. The van der Waals surface area contributed by atoms with Crippen molar-refractivity contribution in [2.24, 2.45) is 0 Å². The number of amides is 1. The second kappa shape index (κ2) is 10.9. The summed E-state index contributed by atoms with van der Waals surface area (Å²) in [6.45, 7) is 8.75. The number of ether oxygens (including phenoxy) is 2. The normalized spacial score (nSPS) is 16.3. The Balaban J connectivity index is 1.74. The third-order valence-corrected chi connectivity index (χ3v) is 5.97. The SMILES string of the molecule is CCOc1ccc(-n2c(C)cc(/C=C(\C#N)C(=O)OCC(=O)N3CCCCC3C)c2C)cc1. The summed E-state index contributed by atoms with van der Waals surface area (Å²) in [5, 5.41) is 9.54. The summed E-state index contributed by atoms with van der Waals surface area (Å²) in [5.74, 6) is -0.213. The van der Waals surface area contributed by atoms with Gasteiger partial charge in [-0.3, -0.25) is 4.79 Å². The molecule has 1 aromatic heterocycles. The highest BCUT2D eigenvalue weighted by Gasteiger charge is 2.24. The summed E-state index contributed by atoms with van der Waals surface area (Å²) in [4.78, 5) is 26.7. The molecule has 2 aromatic rings. The maximum atomic E-state index is 12.5. The molecule has 3 rings (SSSR count). The second-order valence-electron chi connectivity index (χ2n) is 8.27. The molecule has 1 unspecified atom stereocenters. The van der Waals surface area contributed by atoms with Gasteiger partial charge in [-0.1, -0.05) is 0 Å². The van der Waals surface area contributed by atoms with Crippen molar-refractivity contribution < 1.29 is 19.1 Å². The van der Waals surface area contributed by atoms with Crippen molar-refractivity contribution in [3.8, 4) is 17.5 Å². The molecule has 1 aromatic carbocycles. The first-order valence-corrected chi connectivity index (χ1v) is 11.4. The van der Waals surface area contributed by atoms with Crippen LogP contribution in [0.4, 0.5) is 0 Å². The number of aryl methyl sites for hydroxylation is 1. The third kappa shape index (κ3) is 5.64. The zero-order valence-electron chi connectivity index (χ0n) is 19.8. The van der Waals surface area contributed by atoms with Gasteiger partial charge in [0.2, 0.25) is 0 Å². The number of piperidine rings is 1. The lowest BCUT2D eigenvalue weighted by Crippen LogP contribution is -2.44. The maximum Gasteiger partial charge on any atom is 0.349 e. The number of esters is 1. The molecule has 7 heteroatoms. The fraction of sp³-hybridized carbons (Fsp3) is 0.423. The van der Waals surface area contributed by atoms with E-state index in [9.17, 15) is 14.9 Å². The number of hydrogen-bond acceptors (Lipinski definition) is 5. The average Bonchev–Trinajstić information content (AvgIpc) is 3.09. The predicted octanol–water partition coefficient (Wildman–Crippen LogP) is 4.34. The van der Waals surface area contributed by atoms with Crippen molar-refractivity contribution in [3.63, 3.8) is 0 Å². The fourth-order valence-electron chi connectivity index (χ4n) is 4.24. The van der Waals surface area contributed by atoms with Gasteiger partial charge in [0.1, 0.15) is 17.4 Å². The molecule has 1 fully saturated rings. The van der Waals surface area contributed by atoms with E-state index >= 15 is 0 Å². The summed E-state index contributed by atoms with van der Waals surface area (Å²) < 4.78 is 12.7. The van der Waals surface area contributed by atoms with Crippen LogP contribution in [0.1, 0.15) is 50.1 Å². The number of rotatable bonds is 7. The molecule has 1 saturated heterocycles. The van der Waals surface area contributed by atoms with Crippen molar-refractivity contribution in [2.75, 3.05) is 19.8 Å². The molecular weight excluding hydrogens is 418 g/mol. The van der Waals surface area contributed by atoms with Crippen LogP contribution < -0.4 is 4.74 Å². The van der Waals surface area contributed by atoms with Crippen LogP contribution in [-0.4, -0.2) is 47.1 Å². The van der Waals surface area contributed by atoms with Crippen LogP contribution in [0, 0.1) is 25.2 Å². The highest BCUT2D eigenvalue weighted by Crippen LogP contribution is 2.25. The molecule has 1 aliphatic heterocycles. The first kappa shape index (κ1) is 24.1. The lowest BCUT2D eigenvalue weighted by atomic mass is 10.0. The summed E-state index contributed by atoms with van der Waals surface area (Å²) in [6.07, 6.45) is 4.52. The molecule has 0 radical (unpaired) electrons. The molecule has 1 atom stereocenters. The number of carbonyl (C=O) groups excluding carboxylic acids is 2. The van der Waals surface area contributed by atoms with Gasteiger partial charge in [0, 0.05) is 29.7 Å². The highest BCUT2D eigenvalue weighted by atomic mass is 16.5. The zero-order valence-corrected chi connectivity index (χ0v) is 19.8. The number of benzene rings is 1. The minimum atomic E-state index is -0.790. The maximum absolute atomic E-state index is 12.5. The van der Waals surface area contributed by atoms with E-state index in [0.29, 0.717) is 13.2 Å². The van der Waals surface area contributed by atoms with E-state index in [1.54, 1.807) is 4.90 Å². The van der Waals surface area contributed by atoms with Gasteiger partial charge in [0.15, 0.2) is 6.61 Å². The average molecular weight is 450 g/mol. The first-order valence-electron chi connectivity index (χ1n) is 11.4. The quantitative estimate of drug-likeness (QED) is 0.357. The van der Waals surface area contributed by atoms with Gasteiger partial charge in [-0.25, -0.2) is 4.79 Å². The molecule has 0 aliphatic carbocycles. The van der Waals surface area contributed by atoms with Crippen LogP contribution in [0.3, 0.4) is 0 Å². The molecule has 0 N–H and O–H groups in total. The Morgan fingerprint density at radius 2 is 1.94 bits per heavy atom. The van der Waals surface area contributed by atoms with Crippen LogP contribution >= 0.6 is 0 Å². The number of likely N-dealkylation sites (tertiary alicyclic amines) is 1. The number of nitrogens with zero attached hydrogens (tertiary/aromatic N) is 3. The van der Waals surface area contributed by atoms with E-state index in [4.69, 9.17) is 9.47 Å². The largest absolute Gasteiger partial charge is 0.494 e. The smallest absolute Gasteiger partial charge is 0.349 e. The van der Waals surface area contributed by atoms with Gasteiger partial charge in [0.05, 0.1) is 6.61 Å². The van der Waals surface area contributed by atoms with E-state index in [-0.39, 0.29) is 24.1 Å². The lowest BCUT2D eigenvalue weighted by Gasteiger charge is -2.33. The van der Waals surface area contributed by atoms with Crippen molar-refractivity contribution in [2.45, 2.75) is 53.0 Å². The van der Waals surface area contributed by atoms with Gasteiger partial charge in [0.25, 0.3) is 5.91 Å². The summed E-state index contributed by atoms with van der Waals surface area (Å²) in [5.41, 5.74) is 3.40. The highest BCUT2D eigenvalue weighted by molar-refractivity contribution is 5.99. The lowest BCUT2D eigenvalue weighted by molar-refractivity contribution is -0.150. The van der Waals surface area contributed by atoms with Crippen LogP contribution in [0.25, 0.3) is 11.8 Å². The molecule has 0 bridgehead atoms. The molecule has 33 heavy (non-hydrogen) atoms. The Kier molecular flexibility index (Phi) is 7.94. The Hall–Kier alpha value is -3.53. The molecule has 2 heterocycles. The van der Waals surface area contributed by atoms with Crippen molar-refractivity contribution >= 4 is 18.0 Å². The van der Waals surface area contributed by atoms with Gasteiger partial charge < -0.3 is 18.9 Å². The molecular formula is C26H31N3O4. The minimum Gasteiger partial charge on any atom is -0.494 e. The summed E-state index contributed by atoms with van der Waals surface area (Å²) >= 11 is 0. The molecule has 0 saturated carbocycles. The van der Waals surface area contributed by atoms with Gasteiger partial charge >= 0.3 is 5.97 Å². The summed E-state index contributed by atoms with van der Waals surface area (Å²) in [7, 11) is 0. The topological polar surface area (TPSA) is 84.6 Å². The monoisotopic (exact) mass is 449 g/mol. The first-order chi connectivity index (χ1) is 15.8. The Labute approximate surface area is 195 Å². The number of hydrogen-bond donors (Lipinski definition) is 0. The standard InChI is InChI=1S/C26H31N3O4/c1-5-32-24-11-9-23(10-12-24)29-19(3)14-21(20(29)4)15-22(16-27)26(31)33-17-25(30)28-13-7-6-8-18(28)2/h9-12,14-15,18H,5-8,13,17H2,1-4H3/b22-15+. The predicted molar refractivity (Wildman–Crippen MR) is 126 cm³/mol. The second-order valence-corrected chi connectivity index (χ2v) is 8.27. The molecule has 174 valence electrons. The Bertz CT molecular complexity index is 1080. The van der Waals surface area contributed by atoms with Crippen LogP contribution in [-0.2, 0) is 14.3 Å². The zero-order chi connectivity index (χ0) is 24.0. The van der Waals surface area contributed by atoms with E-state index in [1.807, 2.05) is 68.7 Å². The van der Waals surface area contributed by atoms with Crippen molar-refractivity contribution in [1.82, 2.24) is 9.47 Å². The molecule has 1 amide bonds. The fourth-order valence-corrected chi connectivity index (χ4v) is 4.24. The number of aromatic nitrogens is 1. The summed E-state index contributed by atoms with van der Waals surface area (Å²) in [6, 6.07) is 11.7. The third-order valence-electron chi connectivity index (χ3n) is 5.97. The van der Waals surface area contributed by atoms with Crippen LogP contribution in [0.5, 0.6) is 5.75 Å². The van der Waals surface area contributed by atoms with Gasteiger partial charge in [-0.05, 0) is 88.9 Å². The van der Waals surface area contributed by atoms with Gasteiger partial charge in [-0.2, -0.15) is 5.26 Å². The Morgan fingerprint density at radius 1 is 1.21 bits per heavy atom. The van der Waals surface area contributed by atoms with E-state index in [0.717, 1.165) is 47.7 Å². The number of nitriles is 1. The van der Waals surface area contributed by atoms with Crippen molar-refractivity contribution in [3.05, 3.63) is 52.9 Å². The Morgan fingerprint density at radius 3 is 2.58 bits per heavy atom. The van der Waals surface area contributed by atoms with Crippen LogP contribution in [0.15, 0.2) is 35.9 Å². The van der Waals surface area contributed by atoms with Gasteiger partial charge in [-0.15, -0.1) is 0 Å². The van der Waals surface area contributed by atoms with Crippen molar-refractivity contribution in [1.29, 1.82) is 5.26 Å². The van der Waals surface area contributed by atoms with Crippen LogP contribution in [0.2, 0.25) is 0 Å². The van der Waals surface area contributed by atoms with E-state index in [2.05, 4.69) is 0 Å². The van der Waals surface area contributed by atoms with E-state index in [1.165, 1.54) is 6.08 Å². The molecule has 0 spiro atoms. The van der Waals surface area contributed by atoms with E-state index < -0.39 is 5.97 Å². The minimum absolute atomic E-state index is 0.138. The number of carbonyl (C=O) groups is 2.